The van der Waals surface area contributed by atoms with E-state index in [0.29, 0.717) is 0 Å². The van der Waals surface area contributed by atoms with Gasteiger partial charge in [0, 0.05) is 5.33 Å². The fourth-order valence-corrected chi connectivity index (χ4v) is 0.684. The molecule has 0 unspecified atom stereocenters. The van der Waals surface area contributed by atoms with Crippen LogP contribution >= 0.6 is 15.9 Å². The van der Waals surface area contributed by atoms with E-state index in [9.17, 15) is 0 Å². The number of alkyl halides is 1. The average molecular weight is 148 g/mol. The Kier molecular flexibility index (Phi) is 3.54. The quantitative estimate of drug-likeness (QED) is 0.500. The third kappa shape index (κ3) is 4.22. The highest BCUT2D eigenvalue weighted by Gasteiger charge is 1.68. The van der Waals surface area contributed by atoms with Crippen LogP contribution in [0.25, 0.3) is 0 Å². The first-order chi connectivity index (χ1) is 2.77. The molecular weight excluding hydrogens is 140 g/mol. The number of allylic oxidation sites excluding steroid dienone is 2. The largest absolute Gasteiger partial charge is 0.0883 e. The molecule has 0 nitrogen and oxygen atoms in total. The molecule has 0 rings (SSSR count). The van der Waals surface area contributed by atoms with Gasteiger partial charge in [-0.3, -0.25) is 0 Å². The van der Waals surface area contributed by atoms with E-state index in [1.165, 1.54) is 0 Å². The second kappa shape index (κ2) is 3.41. The van der Waals surface area contributed by atoms with E-state index >= 15 is 0 Å². The average Bonchev–Trinajstić information content (AvgIpc) is 1.35. The minimum Gasteiger partial charge on any atom is -0.0883 e. The Morgan fingerprint density at radius 3 is 2.50 bits per heavy atom. The normalized spacial score (nSPS) is 12.2. The van der Waals surface area contributed by atoms with E-state index in [4.69, 9.17) is 0 Å². The van der Waals surface area contributed by atoms with Crippen molar-refractivity contribution in [3.8, 4) is 0 Å². The van der Waals surface area contributed by atoms with Crippen LogP contribution in [0.3, 0.4) is 0 Å². The molecule has 0 aliphatic heterocycles. The molecule has 35 valence electrons. The standard InChI is InChI=1S/C5H8Br/c1-5(2)3-4-6/h3H,1,4H2,2H3. The molecule has 0 aliphatic rings. The van der Waals surface area contributed by atoms with Gasteiger partial charge in [0.25, 0.3) is 0 Å². The maximum atomic E-state index is 3.66. The summed E-state index contributed by atoms with van der Waals surface area (Å²) >= 11 is 3.23. The lowest BCUT2D eigenvalue weighted by atomic mass is 10.3. The Bertz CT molecular complexity index is 51.0. The number of halogens is 1. The van der Waals surface area contributed by atoms with Crippen LogP contribution in [0.1, 0.15) is 6.92 Å². The van der Waals surface area contributed by atoms with Gasteiger partial charge in [0.2, 0.25) is 0 Å². The van der Waals surface area contributed by atoms with E-state index in [2.05, 4.69) is 22.9 Å². The van der Waals surface area contributed by atoms with Gasteiger partial charge in [-0.15, -0.1) is 0 Å². The summed E-state index contributed by atoms with van der Waals surface area (Å²) < 4.78 is 0. The van der Waals surface area contributed by atoms with Crippen LogP contribution in [0, 0.1) is 6.92 Å². The van der Waals surface area contributed by atoms with Gasteiger partial charge in [0.15, 0.2) is 0 Å². The summed E-state index contributed by atoms with van der Waals surface area (Å²) in [5.41, 5.74) is 1.12. The van der Waals surface area contributed by atoms with Crippen LogP contribution in [0.15, 0.2) is 11.6 Å². The van der Waals surface area contributed by atoms with Crippen molar-refractivity contribution in [3.05, 3.63) is 18.6 Å². The molecular formula is C5H8Br. The van der Waals surface area contributed by atoms with Crippen molar-refractivity contribution in [2.45, 2.75) is 6.92 Å². The second-order valence-electron chi connectivity index (χ2n) is 1.20. The lowest BCUT2D eigenvalue weighted by molar-refractivity contribution is 1.50. The molecule has 0 spiro atoms. The molecule has 0 N–H and O–H groups in total. The molecule has 1 radical (unpaired) electrons. The Labute approximate surface area is 47.4 Å². The van der Waals surface area contributed by atoms with Gasteiger partial charge in [0.05, 0.1) is 0 Å². The monoisotopic (exact) mass is 147 g/mol. The Morgan fingerprint density at radius 1 is 2.00 bits per heavy atom. The first kappa shape index (κ1) is 6.22. The van der Waals surface area contributed by atoms with E-state index in [1.807, 2.05) is 13.0 Å². The molecule has 0 aromatic rings. The van der Waals surface area contributed by atoms with Gasteiger partial charge in [0.1, 0.15) is 0 Å². The van der Waals surface area contributed by atoms with Crippen molar-refractivity contribution in [2.75, 3.05) is 5.33 Å². The van der Waals surface area contributed by atoms with Crippen molar-refractivity contribution >= 4 is 15.9 Å². The number of hydrogen-bond acceptors (Lipinski definition) is 0. The highest BCUT2D eigenvalue weighted by Crippen LogP contribution is 1.89. The fraction of sp³-hybridized carbons (Fsp3) is 0.400. The maximum Gasteiger partial charge on any atom is 0.0214 e. The highest BCUT2D eigenvalue weighted by atomic mass is 79.9. The minimum atomic E-state index is 0.919. The molecule has 6 heavy (non-hydrogen) atoms. The number of rotatable bonds is 1. The van der Waals surface area contributed by atoms with Gasteiger partial charge < -0.3 is 0 Å². The zero-order chi connectivity index (χ0) is 4.99. The summed E-state index contributed by atoms with van der Waals surface area (Å²) in [6.45, 7) is 5.63. The van der Waals surface area contributed by atoms with E-state index in [1.54, 1.807) is 0 Å². The lowest BCUT2D eigenvalue weighted by Crippen LogP contribution is -1.62. The SMILES string of the molecule is [CH2]C(C)=CCBr. The maximum absolute atomic E-state index is 3.66. The molecule has 0 aromatic heterocycles. The third-order valence-corrected chi connectivity index (χ3v) is 0.749. The van der Waals surface area contributed by atoms with Gasteiger partial charge in [-0.2, -0.15) is 0 Å². The van der Waals surface area contributed by atoms with Crippen LogP contribution in [0.5, 0.6) is 0 Å². The van der Waals surface area contributed by atoms with E-state index in [-0.39, 0.29) is 0 Å². The van der Waals surface area contributed by atoms with Gasteiger partial charge in [-0.05, 0) is 13.8 Å². The smallest absolute Gasteiger partial charge is 0.0214 e. The van der Waals surface area contributed by atoms with E-state index < -0.39 is 0 Å². The number of hydrogen-bond donors (Lipinski definition) is 0. The van der Waals surface area contributed by atoms with Crippen LogP contribution in [0.4, 0.5) is 0 Å². The van der Waals surface area contributed by atoms with Crippen molar-refractivity contribution in [2.24, 2.45) is 0 Å². The highest BCUT2D eigenvalue weighted by molar-refractivity contribution is 9.09. The Hall–Kier alpha value is 0.220. The summed E-state index contributed by atoms with van der Waals surface area (Å²) in [5, 5.41) is 0.919. The molecule has 0 saturated heterocycles. The van der Waals surface area contributed by atoms with Crippen molar-refractivity contribution < 1.29 is 0 Å². The molecule has 0 saturated carbocycles. The summed E-state index contributed by atoms with van der Waals surface area (Å²) in [5.74, 6) is 0. The van der Waals surface area contributed by atoms with Gasteiger partial charge >= 0.3 is 0 Å². The summed E-state index contributed by atoms with van der Waals surface area (Å²) in [6, 6.07) is 0. The molecule has 0 amide bonds. The van der Waals surface area contributed by atoms with Crippen molar-refractivity contribution in [3.63, 3.8) is 0 Å². The molecule has 0 atom stereocenters. The lowest BCUT2D eigenvalue weighted by Gasteiger charge is -1.78. The van der Waals surface area contributed by atoms with Crippen LogP contribution in [-0.2, 0) is 0 Å². The Morgan fingerprint density at radius 2 is 2.50 bits per heavy atom. The van der Waals surface area contributed by atoms with E-state index in [0.717, 1.165) is 10.9 Å². The predicted molar refractivity (Wildman–Crippen MR) is 32.9 cm³/mol. The van der Waals surface area contributed by atoms with Crippen molar-refractivity contribution in [1.29, 1.82) is 0 Å². The molecule has 0 aliphatic carbocycles. The zero-order valence-electron chi connectivity index (χ0n) is 3.87. The minimum absolute atomic E-state index is 0.919. The predicted octanol–water partition coefficient (Wildman–Crippen LogP) is 2.16. The van der Waals surface area contributed by atoms with Gasteiger partial charge in [-0.25, -0.2) is 0 Å². The summed E-state index contributed by atoms with van der Waals surface area (Å²) in [6.07, 6.45) is 2.01. The Balaban J connectivity index is 3.14. The fourth-order valence-electron chi connectivity index (χ4n) is 0.132. The summed E-state index contributed by atoms with van der Waals surface area (Å²) in [4.78, 5) is 0. The molecule has 1 heteroatoms. The molecule has 0 heterocycles. The molecule has 0 aromatic carbocycles. The molecule has 0 fully saturated rings. The summed E-state index contributed by atoms with van der Waals surface area (Å²) in [7, 11) is 0. The van der Waals surface area contributed by atoms with Gasteiger partial charge in [-0.1, -0.05) is 27.6 Å². The van der Waals surface area contributed by atoms with Crippen LogP contribution in [-0.4, -0.2) is 5.33 Å². The van der Waals surface area contributed by atoms with Crippen LogP contribution in [0.2, 0.25) is 0 Å². The topological polar surface area (TPSA) is 0 Å². The third-order valence-electron chi connectivity index (χ3n) is 0.426. The van der Waals surface area contributed by atoms with Crippen molar-refractivity contribution in [1.82, 2.24) is 0 Å². The first-order valence-corrected chi connectivity index (χ1v) is 2.94. The first-order valence-electron chi connectivity index (χ1n) is 1.82. The zero-order valence-corrected chi connectivity index (χ0v) is 5.46. The van der Waals surface area contributed by atoms with Crippen LogP contribution < -0.4 is 0 Å². The molecule has 0 bridgehead atoms. The second-order valence-corrected chi connectivity index (χ2v) is 1.85.